The fraction of sp³-hybridized carbons (Fsp3) is 0.500. The predicted molar refractivity (Wildman–Crippen MR) is 72.6 cm³/mol. The van der Waals surface area contributed by atoms with Crippen LogP contribution < -0.4 is 9.80 Å². The van der Waals surface area contributed by atoms with Gasteiger partial charge in [-0.05, 0) is 18.2 Å². The molecule has 1 amide bonds. The van der Waals surface area contributed by atoms with E-state index in [4.69, 9.17) is 9.47 Å². The topological polar surface area (TPSA) is 42.0 Å². The highest BCUT2D eigenvalue weighted by Crippen LogP contribution is 2.33. The third kappa shape index (κ3) is 2.36. The average Bonchev–Trinajstić information content (AvgIpc) is 2.48. The van der Waals surface area contributed by atoms with Crippen LogP contribution in [0.2, 0.25) is 0 Å². The predicted octanol–water partition coefficient (Wildman–Crippen LogP) is 1.02. The van der Waals surface area contributed by atoms with Crippen LogP contribution in [0.5, 0.6) is 0 Å². The number of hydrogen-bond acceptors (Lipinski definition) is 4. The monoisotopic (exact) mass is 280 g/mol. The van der Waals surface area contributed by atoms with Gasteiger partial charge >= 0.3 is 0 Å². The molecule has 0 spiro atoms. The number of amides is 1. The summed E-state index contributed by atoms with van der Waals surface area (Å²) >= 11 is 0. The van der Waals surface area contributed by atoms with Gasteiger partial charge in [0, 0.05) is 20.1 Å². The second-order valence-corrected chi connectivity index (χ2v) is 4.98. The highest BCUT2D eigenvalue weighted by atomic mass is 19.1. The van der Waals surface area contributed by atoms with Gasteiger partial charge in [0.05, 0.1) is 31.2 Å². The Morgan fingerprint density at radius 3 is 2.90 bits per heavy atom. The Morgan fingerprint density at radius 2 is 2.15 bits per heavy atom. The van der Waals surface area contributed by atoms with Gasteiger partial charge in [0.1, 0.15) is 5.82 Å². The number of anilines is 2. The van der Waals surface area contributed by atoms with Gasteiger partial charge < -0.3 is 19.3 Å². The molecular formula is C14H17FN2O3. The summed E-state index contributed by atoms with van der Waals surface area (Å²) in [6, 6.07) is 4.46. The fourth-order valence-electron chi connectivity index (χ4n) is 2.55. The van der Waals surface area contributed by atoms with Crippen molar-refractivity contribution in [1.82, 2.24) is 0 Å². The third-order valence-electron chi connectivity index (χ3n) is 3.66. The van der Waals surface area contributed by atoms with Gasteiger partial charge in [-0.3, -0.25) is 4.79 Å². The number of carbonyl (C=O) groups is 1. The molecule has 1 aromatic rings. The summed E-state index contributed by atoms with van der Waals surface area (Å²) in [4.78, 5) is 16.1. The lowest BCUT2D eigenvalue weighted by Crippen LogP contribution is -2.50. The zero-order valence-electron chi connectivity index (χ0n) is 11.3. The van der Waals surface area contributed by atoms with Crippen LogP contribution in [-0.2, 0) is 14.3 Å². The highest BCUT2D eigenvalue weighted by molar-refractivity contribution is 6.00. The molecule has 0 saturated carbocycles. The van der Waals surface area contributed by atoms with E-state index in [2.05, 4.69) is 0 Å². The second kappa shape index (κ2) is 5.38. The zero-order valence-corrected chi connectivity index (χ0v) is 11.3. The van der Waals surface area contributed by atoms with Gasteiger partial charge in [-0.2, -0.15) is 0 Å². The molecule has 1 aromatic carbocycles. The molecular weight excluding hydrogens is 263 g/mol. The Bertz CT molecular complexity index is 517. The van der Waals surface area contributed by atoms with Crippen molar-refractivity contribution in [2.75, 3.05) is 49.8 Å². The number of carbonyl (C=O) groups excluding carboxylic acids is 1. The number of hydrogen-bond donors (Lipinski definition) is 0. The summed E-state index contributed by atoms with van der Waals surface area (Å²) in [6.45, 7) is 2.46. The molecule has 1 fully saturated rings. The van der Waals surface area contributed by atoms with E-state index in [-0.39, 0.29) is 18.3 Å². The lowest BCUT2D eigenvalue weighted by atomic mass is 10.1. The Hall–Kier alpha value is -1.66. The average molecular weight is 280 g/mol. The van der Waals surface area contributed by atoms with Crippen LogP contribution >= 0.6 is 0 Å². The molecule has 0 aliphatic carbocycles. The molecule has 2 aliphatic heterocycles. The van der Waals surface area contributed by atoms with Crippen LogP contribution in [0.3, 0.4) is 0 Å². The van der Waals surface area contributed by atoms with E-state index >= 15 is 0 Å². The molecule has 0 N–H and O–H groups in total. The molecule has 5 nitrogen and oxygen atoms in total. The van der Waals surface area contributed by atoms with Crippen molar-refractivity contribution in [3.8, 4) is 0 Å². The molecule has 0 aromatic heterocycles. The molecule has 108 valence electrons. The summed E-state index contributed by atoms with van der Waals surface area (Å²) in [5.74, 6) is -0.423. The van der Waals surface area contributed by atoms with Crippen molar-refractivity contribution >= 4 is 17.3 Å². The van der Waals surface area contributed by atoms with Crippen molar-refractivity contribution in [3.05, 3.63) is 24.0 Å². The fourth-order valence-corrected chi connectivity index (χ4v) is 2.55. The molecule has 0 unspecified atom stereocenters. The van der Waals surface area contributed by atoms with Crippen molar-refractivity contribution in [3.63, 3.8) is 0 Å². The Balaban J connectivity index is 1.88. The molecule has 0 radical (unpaired) electrons. The van der Waals surface area contributed by atoms with E-state index in [9.17, 15) is 9.18 Å². The van der Waals surface area contributed by atoms with Crippen LogP contribution in [0.4, 0.5) is 15.8 Å². The number of halogens is 1. The maximum Gasteiger partial charge on any atom is 0.258 e. The van der Waals surface area contributed by atoms with Gasteiger partial charge in [-0.15, -0.1) is 0 Å². The van der Waals surface area contributed by atoms with E-state index in [1.165, 1.54) is 12.1 Å². The van der Waals surface area contributed by atoms with Gasteiger partial charge in [0.25, 0.3) is 5.91 Å². The van der Waals surface area contributed by atoms with Gasteiger partial charge in [-0.25, -0.2) is 4.39 Å². The second-order valence-electron chi connectivity index (χ2n) is 4.98. The summed E-state index contributed by atoms with van der Waals surface area (Å²) in [5.41, 5.74) is 1.45. The number of likely N-dealkylation sites (N-methyl/N-ethyl adjacent to an activating group) is 1. The first-order chi connectivity index (χ1) is 9.66. The molecule has 20 heavy (non-hydrogen) atoms. The smallest absolute Gasteiger partial charge is 0.258 e. The molecule has 1 atom stereocenters. The van der Waals surface area contributed by atoms with Crippen LogP contribution in [0.25, 0.3) is 0 Å². The Morgan fingerprint density at radius 1 is 1.30 bits per heavy atom. The van der Waals surface area contributed by atoms with Crippen LogP contribution in [0, 0.1) is 5.82 Å². The molecule has 1 saturated heterocycles. The van der Waals surface area contributed by atoms with E-state index in [0.717, 1.165) is 11.4 Å². The minimum Gasteiger partial charge on any atom is -0.376 e. The summed E-state index contributed by atoms with van der Waals surface area (Å²) in [5, 5.41) is 0. The zero-order chi connectivity index (χ0) is 14.1. The Labute approximate surface area is 116 Å². The number of ether oxygens (including phenoxy) is 2. The van der Waals surface area contributed by atoms with Crippen molar-refractivity contribution in [2.24, 2.45) is 0 Å². The van der Waals surface area contributed by atoms with Gasteiger partial charge in [0.2, 0.25) is 0 Å². The number of nitrogens with zero attached hydrogens (tertiary/aromatic N) is 2. The quantitative estimate of drug-likeness (QED) is 0.770. The van der Waals surface area contributed by atoms with Crippen molar-refractivity contribution in [2.45, 2.75) is 6.10 Å². The first-order valence-electron chi connectivity index (χ1n) is 6.68. The largest absolute Gasteiger partial charge is 0.376 e. The van der Waals surface area contributed by atoms with E-state index in [1.54, 1.807) is 11.0 Å². The lowest BCUT2D eigenvalue weighted by molar-refractivity contribution is -0.144. The molecule has 2 heterocycles. The maximum atomic E-state index is 13.4. The Kier molecular flexibility index (Phi) is 3.58. The standard InChI is InChI=1S/C14H17FN2O3/c1-16-4-5-17(11-3-2-10(15)8-12(11)16)14(18)13-9-19-6-7-20-13/h2-3,8,13H,4-7,9H2,1H3/t13-/m0/s1. The summed E-state index contributed by atoms with van der Waals surface area (Å²) < 4.78 is 24.1. The van der Waals surface area contributed by atoms with Crippen LogP contribution in [-0.4, -0.2) is 52.0 Å². The molecule has 6 heteroatoms. The number of rotatable bonds is 1. The normalized spacial score (nSPS) is 22.6. The van der Waals surface area contributed by atoms with Crippen molar-refractivity contribution < 1.29 is 18.7 Å². The third-order valence-corrected chi connectivity index (χ3v) is 3.66. The summed E-state index contributed by atoms with van der Waals surface area (Å²) in [6.07, 6.45) is -0.565. The lowest BCUT2D eigenvalue weighted by Gasteiger charge is -2.37. The van der Waals surface area contributed by atoms with Gasteiger partial charge in [-0.1, -0.05) is 0 Å². The molecule has 0 bridgehead atoms. The number of fused-ring (bicyclic) bond motifs is 1. The van der Waals surface area contributed by atoms with Crippen molar-refractivity contribution in [1.29, 1.82) is 0 Å². The minimum atomic E-state index is -0.565. The minimum absolute atomic E-state index is 0.120. The van der Waals surface area contributed by atoms with E-state index in [0.29, 0.717) is 26.3 Å². The first kappa shape index (κ1) is 13.3. The highest BCUT2D eigenvalue weighted by Gasteiger charge is 2.32. The van der Waals surface area contributed by atoms with E-state index in [1.807, 2.05) is 11.9 Å². The van der Waals surface area contributed by atoms with Gasteiger partial charge in [0.15, 0.2) is 6.10 Å². The van der Waals surface area contributed by atoms with E-state index < -0.39 is 6.10 Å². The van der Waals surface area contributed by atoms with Crippen LogP contribution in [0.15, 0.2) is 18.2 Å². The number of benzene rings is 1. The molecule has 3 rings (SSSR count). The maximum absolute atomic E-state index is 13.4. The SMILES string of the molecule is CN1CCN(C(=O)[C@@H]2COCCO2)c2ccc(F)cc21. The summed E-state index contributed by atoms with van der Waals surface area (Å²) in [7, 11) is 1.89. The first-order valence-corrected chi connectivity index (χ1v) is 6.68. The van der Waals surface area contributed by atoms with Crippen LogP contribution in [0.1, 0.15) is 0 Å². The molecule has 2 aliphatic rings.